The van der Waals surface area contributed by atoms with Crippen molar-refractivity contribution in [1.29, 1.82) is 0 Å². The van der Waals surface area contributed by atoms with E-state index in [1.54, 1.807) is 4.90 Å². The smallest absolute Gasteiger partial charge is 0.254 e. The van der Waals surface area contributed by atoms with Gasteiger partial charge in [-0.1, -0.05) is 0 Å². The maximum Gasteiger partial charge on any atom is 0.254 e. The van der Waals surface area contributed by atoms with Crippen LogP contribution >= 0.6 is 0 Å². The summed E-state index contributed by atoms with van der Waals surface area (Å²) in [4.78, 5) is 32.0. The molecule has 2 saturated heterocycles. The van der Waals surface area contributed by atoms with E-state index in [-0.39, 0.29) is 23.9 Å². The Labute approximate surface area is 128 Å². The van der Waals surface area contributed by atoms with Crippen LogP contribution in [-0.2, 0) is 4.79 Å². The van der Waals surface area contributed by atoms with Gasteiger partial charge in [-0.15, -0.1) is 0 Å². The van der Waals surface area contributed by atoms with E-state index < -0.39 is 5.95 Å². The van der Waals surface area contributed by atoms with Crippen molar-refractivity contribution in [3.63, 3.8) is 0 Å². The normalized spacial score (nSPS) is 27.4. The Morgan fingerprint density at radius 3 is 2.86 bits per heavy atom. The molecule has 22 heavy (non-hydrogen) atoms. The van der Waals surface area contributed by atoms with E-state index in [9.17, 15) is 14.0 Å². The minimum atomic E-state index is -0.653. The van der Waals surface area contributed by atoms with Crippen molar-refractivity contribution >= 4 is 11.8 Å². The molecule has 0 radical (unpaired) electrons. The lowest BCUT2D eigenvalue weighted by Crippen LogP contribution is -2.40. The minimum absolute atomic E-state index is 0.0602. The van der Waals surface area contributed by atoms with E-state index >= 15 is 0 Å². The Bertz CT molecular complexity index is 632. The first-order valence-corrected chi connectivity index (χ1v) is 7.85. The van der Waals surface area contributed by atoms with Gasteiger partial charge in [-0.25, -0.2) is 4.98 Å². The summed E-state index contributed by atoms with van der Waals surface area (Å²) in [6.45, 7) is 1.47. The fourth-order valence-corrected chi connectivity index (χ4v) is 3.70. The van der Waals surface area contributed by atoms with E-state index in [1.807, 2.05) is 4.90 Å². The topological polar surface area (TPSA) is 53.5 Å². The molecule has 2 amide bonds. The number of hydrogen-bond donors (Lipinski definition) is 0. The Kier molecular flexibility index (Phi) is 3.13. The van der Waals surface area contributed by atoms with Crippen molar-refractivity contribution in [2.24, 2.45) is 5.92 Å². The van der Waals surface area contributed by atoms with Crippen molar-refractivity contribution in [2.75, 3.05) is 13.1 Å². The van der Waals surface area contributed by atoms with Crippen LogP contribution in [0.5, 0.6) is 0 Å². The first-order valence-electron chi connectivity index (χ1n) is 7.85. The Balaban J connectivity index is 1.52. The summed E-state index contributed by atoms with van der Waals surface area (Å²) in [5.74, 6) is -0.0450. The summed E-state index contributed by atoms with van der Waals surface area (Å²) in [5, 5.41) is 0. The predicted molar refractivity (Wildman–Crippen MR) is 76.5 cm³/mol. The molecule has 0 bridgehead atoms. The standard InChI is InChI=1S/C16H18FN3O2/c17-14-7-11(3-5-18-14)16(22)19-6-4-12-13(19)8-15(21)20(12)9-10-1-2-10/h3,5,7,10,12-13H,1-2,4,6,8-9H2/t12-,13-/m1/s1. The van der Waals surface area contributed by atoms with Crippen LogP contribution < -0.4 is 0 Å². The van der Waals surface area contributed by atoms with E-state index in [4.69, 9.17) is 0 Å². The third-order valence-corrected chi connectivity index (χ3v) is 5.00. The number of fused-ring (bicyclic) bond motifs is 1. The third kappa shape index (κ3) is 2.26. The molecule has 0 unspecified atom stereocenters. The second-order valence-electron chi connectivity index (χ2n) is 6.48. The molecule has 1 aliphatic carbocycles. The highest BCUT2D eigenvalue weighted by atomic mass is 19.1. The summed E-state index contributed by atoms with van der Waals surface area (Å²) in [7, 11) is 0. The average molecular weight is 303 g/mol. The predicted octanol–water partition coefficient (Wildman–Crippen LogP) is 1.45. The van der Waals surface area contributed by atoms with Crippen LogP contribution in [0, 0.1) is 11.9 Å². The average Bonchev–Trinajstić information content (AvgIpc) is 3.16. The lowest BCUT2D eigenvalue weighted by molar-refractivity contribution is -0.129. The van der Waals surface area contributed by atoms with Crippen molar-refractivity contribution in [3.05, 3.63) is 29.8 Å². The number of carbonyl (C=O) groups excluding carboxylic acids is 2. The van der Waals surface area contributed by atoms with Crippen molar-refractivity contribution in [1.82, 2.24) is 14.8 Å². The molecule has 3 heterocycles. The maximum absolute atomic E-state index is 13.2. The summed E-state index contributed by atoms with van der Waals surface area (Å²) in [6, 6.07) is 2.77. The monoisotopic (exact) mass is 303 g/mol. The first-order chi connectivity index (χ1) is 10.6. The van der Waals surface area contributed by atoms with Crippen LogP contribution in [0.15, 0.2) is 18.3 Å². The number of aromatic nitrogens is 1. The van der Waals surface area contributed by atoms with Gasteiger partial charge in [0.25, 0.3) is 5.91 Å². The summed E-state index contributed by atoms with van der Waals surface area (Å²) >= 11 is 0. The van der Waals surface area contributed by atoms with Gasteiger partial charge in [0.2, 0.25) is 11.9 Å². The lowest BCUT2D eigenvalue weighted by atomic mass is 10.1. The van der Waals surface area contributed by atoms with E-state index in [0.29, 0.717) is 24.4 Å². The van der Waals surface area contributed by atoms with Crippen molar-refractivity contribution in [2.45, 2.75) is 37.8 Å². The first kappa shape index (κ1) is 13.7. The van der Waals surface area contributed by atoms with Gasteiger partial charge in [-0.2, -0.15) is 4.39 Å². The quantitative estimate of drug-likeness (QED) is 0.794. The molecule has 4 rings (SSSR count). The molecule has 1 aromatic heterocycles. The second kappa shape index (κ2) is 5.04. The van der Waals surface area contributed by atoms with Gasteiger partial charge in [0.1, 0.15) is 0 Å². The number of carbonyl (C=O) groups is 2. The van der Waals surface area contributed by atoms with E-state index in [0.717, 1.165) is 19.0 Å². The van der Waals surface area contributed by atoms with Crippen LogP contribution in [0.1, 0.15) is 36.0 Å². The largest absolute Gasteiger partial charge is 0.337 e. The molecule has 0 aromatic carbocycles. The summed E-state index contributed by atoms with van der Waals surface area (Å²) < 4.78 is 13.2. The molecule has 0 spiro atoms. The highest BCUT2D eigenvalue weighted by Crippen LogP contribution is 2.37. The number of rotatable bonds is 3. The third-order valence-electron chi connectivity index (χ3n) is 5.00. The van der Waals surface area contributed by atoms with E-state index in [2.05, 4.69) is 4.98 Å². The van der Waals surface area contributed by atoms with Gasteiger partial charge in [-0.05, 0) is 31.2 Å². The summed E-state index contributed by atoms with van der Waals surface area (Å²) in [5.41, 5.74) is 0.307. The highest BCUT2D eigenvalue weighted by molar-refractivity contribution is 5.95. The Morgan fingerprint density at radius 1 is 1.32 bits per heavy atom. The fraction of sp³-hybridized carbons (Fsp3) is 0.562. The van der Waals surface area contributed by atoms with Crippen LogP contribution in [0.2, 0.25) is 0 Å². The number of pyridine rings is 1. The molecular formula is C16H18FN3O2. The lowest BCUT2D eigenvalue weighted by Gasteiger charge is -2.25. The zero-order chi connectivity index (χ0) is 15.3. The number of halogens is 1. The van der Waals surface area contributed by atoms with Crippen LogP contribution in [0.25, 0.3) is 0 Å². The van der Waals surface area contributed by atoms with Gasteiger partial charge in [0.15, 0.2) is 0 Å². The van der Waals surface area contributed by atoms with Crippen LogP contribution in [0.4, 0.5) is 4.39 Å². The molecule has 6 heteroatoms. The maximum atomic E-state index is 13.2. The Hall–Kier alpha value is -1.98. The number of nitrogens with zero attached hydrogens (tertiary/aromatic N) is 3. The van der Waals surface area contributed by atoms with E-state index in [1.165, 1.54) is 25.1 Å². The number of hydrogen-bond acceptors (Lipinski definition) is 3. The molecule has 1 aromatic rings. The molecule has 116 valence electrons. The molecule has 3 fully saturated rings. The van der Waals surface area contributed by atoms with Gasteiger partial charge in [0, 0.05) is 37.3 Å². The molecule has 3 aliphatic rings. The number of amides is 2. The van der Waals surface area contributed by atoms with Gasteiger partial charge >= 0.3 is 0 Å². The van der Waals surface area contributed by atoms with Gasteiger partial charge in [0.05, 0.1) is 12.1 Å². The zero-order valence-electron chi connectivity index (χ0n) is 12.2. The van der Waals surface area contributed by atoms with Crippen molar-refractivity contribution in [3.8, 4) is 0 Å². The SMILES string of the molecule is O=C1C[C@@H]2[C@@H](CCN2C(=O)c2ccnc(F)c2)N1CC1CC1. The molecule has 0 N–H and O–H groups in total. The minimum Gasteiger partial charge on any atom is -0.337 e. The summed E-state index contributed by atoms with van der Waals surface area (Å²) in [6.07, 6.45) is 4.94. The highest BCUT2D eigenvalue weighted by Gasteiger charge is 2.49. The fourth-order valence-electron chi connectivity index (χ4n) is 3.70. The van der Waals surface area contributed by atoms with Crippen LogP contribution in [-0.4, -0.2) is 51.8 Å². The molecule has 2 aliphatic heterocycles. The molecule has 2 atom stereocenters. The molecule has 5 nitrogen and oxygen atoms in total. The van der Waals surface area contributed by atoms with Gasteiger partial charge in [-0.3, -0.25) is 9.59 Å². The number of likely N-dealkylation sites (tertiary alicyclic amines) is 2. The molecule has 1 saturated carbocycles. The van der Waals surface area contributed by atoms with Gasteiger partial charge < -0.3 is 9.80 Å². The van der Waals surface area contributed by atoms with Crippen molar-refractivity contribution < 1.29 is 14.0 Å². The second-order valence-corrected chi connectivity index (χ2v) is 6.48. The van der Waals surface area contributed by atoms with Crippen LogP contribution in [0.3, 0.4) is 0 Å². The Morgan fingerprint density at radius 2 is 2.14 bits per heavy atom. The molecular weight excluding hydrogens is 285 g/mol. The zero-order valence-corrected chi connectivity index (χ0v) is 12.2.